The predicted molar refractivity (Wildman–Crippen MR) is 83.9 cm³/mol. The molecule has 0 saturated heterocycles. The van der Waals surface area contributed by atoms with Crippen LogP contribution in [0.25, 0.3) is 0 Å². The van der Waals surface area contributed by atoms with Gasteiger partial charge in [0.2, 0.25) is 0 Å². The fourth-order valence-corrected chi connectivity index (χ4v) is 2.96. The average Bonchev–Trinajstić information content (AvgIpc) is 2.32. The van der Waals surface area contributed by atoms with Crippen molar-refractivity contribution in [1.82, 2.24) is 4.90 Å². The smallest absolute Gasteiger partial charge is 0.317 e. The standard InChI is InChI=1S/C17H25NO3/c1-6-7-18(10-16(20)21)9-15-11(2)8-12(3)17(13(15)4)14(5)19/h8H,6-7,9-10H2,1-5H3,(H,20,21). The number of aryl methyl sites for hydroxylation is 2. The maximum Gasteiger partial charge on any atom is 0.317 e. The monoisotopic (exact) mass is 291 g/mol. The first kappa shape index (κ1) is 17.4. The minimum absolute atomic E-state index is 0.0238. The van der Waals surface area contributed by atoms with Crippen LogP contribution < -0.4 is 0 Å². The second kappa shape index (κ2) is 7.36. The predicted octanol–water partition coefficient (Wildman–Crippen LogP) is 3.11. The Labute approximate surface area is 126 Å². The highest BCUT2D eigenvalue weighted by molar-refractivity contribution is 5.97. The Morgan fingerprint density at radius 1 is 1.19 bits per heavy atom. The Morgan fingerprint density at radius 2 is 1.81 bits per heavy atom. The van der Waals surface area contributed by atoms with Crippen molar-refractivity contribution < 1.29 is 14.7 Å². The number of carboxylic acid groups (broad SMARTS) is 1. The zero-order valence-electron chi connectivity index (χ0n) is 13.6. The van der Waals surface area contributed by atoms with Gasteiger partial charge in [0, 0.05) is 12.1 Å². The second-order valence-corrected chi connectivity index (χ2v) is 5.65. The average molecular weight is 291 g/mol. The first-order valence-corrected chi connectivity index (χ1v) is 7.32. The van der Waals surface area contributed by atoms with Crippen molar-refractivity contribution in [1.29, 1.82) is 0 Å². The molecule has 0 atom stereocenters. The summed E-state index contributed by atoms with van der Waals surface area (Å²) in [5.74, 6) is -0.760. The van der Waals surface area contributed by atoms with Crippen molar-refractivity contribution in [3.05, 3.63) is 33.9 Å². The molecule has 0 fully saturated rings. The second-order valence-electron chi connectivity index (χ2n) is 5.65. The fourth-order valence-electron chi connectivity index (χ4n) is 2.96. The Kier molecular flexibility index (Phi) is 6.09. The lowest BCUT2D eigenvalue weighted by molar-refractivity contribution is -0.138. The van der Waals surface area contributed by atoms with E-state index < -0.39 is 5.97 Å². The van der Waals surface area contributed by atoms with Crippen LogP contribution in [0.5, 0.6) is 0 Å². The number of Topliss-reactive ketones (excluding diaryl/α,β-unsaturated/α-hetero) is 1. The number of benzene rings is 1. The molecule has 0 aliphatic heterocycles. The molecule has 21 heavy (non-hydrogen) atoms. The van der Waals surface area contributed by atoms with Gasteiger partial charge in [-0.25, -0.2) is 0 Å². The molecule has 1 N–H and O–H groups in total. The van der Waals surface area contributed by atoms with E-state index in [4.69, 9.17) is 5.11 Å². The lowest BCUT2D eigenvalue weighted by atomic mass is 9.91. The van der Waals surface area contributed by atoms with Gasteiger partial charge in [0.25, 0.3) is 0 Å². The lowest BCUT2D eigenvalue weighted by Crippen LogP contribution is -2.30. The summed E-state index contributed by atoms with van der Waals surface area (Å²) < 4.78 is 0. The van der Waals surface area contributed by atoms with Crippen LogP contribution in [0.2, 0.25) is 0 Å². The Bertz CT molecular complexity index is 549. The Balaban J connectivity index is 3.19. The maximum atomic E-state index is 11.8. The van der Waals surface area contributed by atoms with Gasteiger partial charge in [0.1, 0.15) is 0 Å². The third-order valence-corrected chi connectivity index (χ3v) is 3.76. The Morgan fingerprint density at radius 3 is 2.29 bits per heavy atom. The summed E-state index contributed by atoms with van der Waals surface area (Å²) in [6.07, 6.45) is 0.900. The molecule has 0 saturated carbocycles. The molecule has 0 aliphatic rings. The van der Waals surface area contributed by atoms with Crippen LogP contribution in [0, 0.1) is 20.8 Å². The third-order valence-electron chi connectivity index (χ3n) is 3.76. The fraction of sp³-hybridized carbons (Fsp3) is 0.529. The van der Waals surface area contributed by atoms with E-state index in [1.54, 1.807) is 6.92 Å². The number of hydrogen-bond donors (Lipinski definition) is 1. The third kappa shape index (κ3) is 4.39. The van der Waals surface area contributed by atoms with Gasteiger partial charge < -0.3 is 5.11 Å². The summed E-state index contributed by atoms with van der Waals surface area (Å²) in [7, 11) is 0. The molecule has 0 aromatic heterocycles. The van der Waals surface area contributed by atoms with Crippen LogP contribution in [0.3, 0.4) is 0 Å². The summed E-state index contributed by atoms with van der Waals surface area (Å²) >= 11 is 0. The molecule has 4 heteroatoms. The van der Waals surface area contributed by atoms with Crippen LogP contribution in [0.1, 0.15) is 52.9 Å². The number of ketones is 1. The first-order valence-electron chi connectivity index (χ1n) is 7.32. The number of carbonyl (C=O) groups excluding carboxylic acids is 1. The van der Waals surface area contributed by atoms with E-state index in [-0.39, 0.29) is 12.3 Å². The molecule has 0 amide bonds. The van der Waals surface area contributed by atoms with Crippen LogP contribution >= 0.6 is 0 Å². The highest BCUT2D eigenvalue weighted by Crippen LogP contribution is 2.24. The van der Waals surface area contributed by atoms with Gasteiger partial charge in [0.15, 0.2) is 5.78 Å². The highest BCUT2D eigenvalue weighted by Gasteiger charge is 2.17. The van der Waals surface area contributed by atoms with E-state index in [1.165, 1.54) is 0 Å². The van der Waals surface area contributed by atoms with Gasteiger partial charge in [-0.1, -0.05) is 13.0 Å². The van der Waals surface area contributed by atoms with E-state index in [9.17, 15) is 9.59 Å². The van der Waals surface area contributed by atoms with Crippen LogP contribution in [0.4, 0.5) is 0 Å². The molecule has 116 valence electrons. The van der Waals surface area contributed by atoms with E-state index >= 15 is 0 Å². The molecule has 0 heterocycles. The molecular weight excluding hydrogens is 266 g/mol. The van der Waals surface area contributed by atoms with Crippen LogP contribution in [-0.4, -0.2) is 34.8 Å². The maximum absolute atomic E-state index is 11.8. The number of carbonyl (C=O) groups is 2. The molecule has 0 radical (unpaired) electrons. The highest BCUT2D eigenvalue weighted by atomic mass is 16.4. The van der Waals surface area contributed by atoms with E-state index in [2.05, 4.69) is 0 Å². The van der Waals surface area contributed by atoms with Gasteiger partial charge in [-0.15, -0.1) is 0 Å². The Hall–Kier alpha value is -1.68. The van der Waals surface area contributed by atoms with Crippen molar-refractivity contribution in [2.24, 2.45) is 0 Å². The van der Waals surface area contributed by atoms with Gasteiger partial charge in [-0.05, 0) is 62.9 Å². The van der Waals surface area contributed by atoms with Crippen molar-refractivity contribution in [2.75, 3.05) is 13.1 Å². The summed E-state index contributed by atoms with van der Waals surface area (Å²) in [6.45, 7) is 10.9. The molecule has 1 rings (SSSR count). The zero-order chi connectivity index (χ0) is 16.2. The van der Waals surface area contributed by atoms with E-state index in [0.29, 0.717) is 6.54 Å². The summed E-state index contributed by atoms with van der Waals surface area (Å²) in [5.41, 5.74) is 4.91. The molecule has 0 spiro atoms. The van der Waals surface area contributed by atoms with Crippen molar-refractivity contribution >= 4 is 11.8 Å². The number of aliphatic carboxylic acids is 1. The SMILES string of the molecule is CCCN(CC(=O)O)Cc1c(C)cc(C)c(C(C)=O)c1C. The van der Waals surface area contributed by atoms with Crippen molar-refractivity contribution in [3.8, 4) is 0 Å². The topological polar surface area (TPSA) is 57.6 Å². The number of carboxylic acids is 1. The normalized spacial score (nSPS) is 11.0. The molecule has 1 aromatic carbocycles. The number of hydrogen-bond acceptors (Lipinski definition) is 3. The molecule has 1 aromatic rings. The number of nitrogens with zero attached hydrogens (tertiary/aromatic N) is 1. The van der Waals surface area contributed by atoms with Crippen molar-refractivity contribution in [3.63, 3.8) is 0 Å². The van der Waals surface area contributed by atoms with E-state index in [0.717, 1.165) is 40.8 Å². The summed E-state index contributed by atoms with van der Waals surface area (Å²) in [4.78, 5) is 24.7. The molecule has 4 nitrogen and oxygen atoms in total. The minimum atomic E-state index is -0.822. The van der Waals surface area contributed by atoms with Gasteiger partial charge in [-0.3, -0.25) is 14.5 Å². The van der Waals surface area contributed by atoms with Crippen LogP contribution in [0.15, 0.2) is 6.07 Å². The van der Waals surface area contributed by atoms with E-state index in [1.807, 2.05) is 38.7 Å². The van der Waals surface area contributed by atoms with Gasteiger partial charge in [0.05, 0.1) is 6.54 Å². The largest absolute Gasteiger partial charge is 0.480 e. The van der Waals surface area contributed by atoms with Gasteiger partial charge in [-0.2, -0.15) is 0 Å². The molecular formula is C17H25NO3. The lowest BCUT2D eigenvalue weighted by Gasteiger charge is -2.23. The van der Waals surface area contributed by atoms with Crippen LogP contribution in [-0.2, 0) is 11.3 Å². The quantitative estimate of drug-likeness (QED) is 0.784. The minimum Gasteiger partial charge on any atom is -0.480 e. The first-order chi connectivity index (χ1) is 9.77. The van der Waals surface area contributed by atoms with Gasteiger partial charge >= 0.3 is 5.97 Å². The molecule has 0 bridgehead atoms. The van der Waals surface area contributed by atoms with Crippen molar-refractivity contribution in [2.45, 2.75) is 47.6 Å². The summed E-state index contributed by atoms with van der Waals surface area (Å²) in [5, 5.41) is 9.02. The summed E-state index contributed by atoms with van der Waals surface area (Å²) in [6, 6.07) is 2.02. The number of rotatable bonds is 7. The zero-order valence-corrected chi connectivity index (χ0v) is 13.6. The molecule has 0 aliphatic carbocycles. The molecule has 0 unspecified atom stereocenters.